The number of hydrogen-bond acceptors (Lipinski definition) is 3. The molecular weight excluding hydrogens is 212 g/mol. The Morgan fingerprint density at radius 2 is 2.60 bits per heavy atom. The van der Waals surface area contributed by atoms with Gasteiger partial charge in [-0.05, 0) is 22.9 Å². The average Bonchev–Trinajstić information content (AvgIpc) is 2.35. The van der Waals surface area contributed by atoms with Crippen molar-refractivity contribution in [1.29, 1.82) is 0 Å². The lowest BCUT2D eigenvalue weighted by molar-refractivity contribution is 0.623. The quantitative estimate of drug-likeness (QED) is 0.722. The average molecular weight is 219 g/mol. The van der Waals surface area contributed by atoms with Gasteiger partial charge >= 0.3 is 0 Å². The van der Waals surface area contributed by atoms with Crippen LogP contribution in [-0.4, -0.2) is 4.98 Å². The highest BCUT2D eigenvalue weighted by molar-refractivity contribution is 9.11. The van der Waals surface area contributed by atoms with Gasteiger partial charge in [-0.15, -0.1) is 11.3 Å². The lowest BCUT2D eigenvalue weighted by Gasteiger charge is -1.98. The summed E-state index contributed by atoms with van der Waals surface area (Å²) in [7, 11) is 0. The van der Waals surface area contributed by atoms with Gasteiger partial charge in [-0.1, -0.05) is 0 Å². The smallest absolute Gasteiger partial charge is 0.159 e. The van der Waals surface area contributed by atoms with Crippen LogP contribution < -0.4 is 5.32 Å². The van der Waals surface area contributed by atoms with Gasteiger partial charge in [0.1, 0.15) is 0 Å². The monoisotopic (exact) mass is 218 g/mol. The number of halogens is 1. The number of aromatic nitrogens is 1. The molecule has 1 N–H and O–H groups in total. The van der Waals surface area contributed by atoms with Crippen LogP contribution in [0.5, 0.6) is 0 Å². The molecule has 10 heavy (non-hydrogen) atoms. The molecular formula is C6H7BrN2S. The predicted octanol–water partition coefficient (Wildman–Crippen LogP) is 2.07. The van der Waals surface area contributed by atoms with Gasteiger partial charge in [0.25, 0.3) is 0 Å². The van der Waals surface area contributed by atoms with Gasteiger partial charge < -0.3 is 5.32 Å². The largest absolute Gasteiger partial charge is 0.304 e. The Morgan fingerprint density at radius 1 is 1.80 bits per heavy atom. The second kappa shape index (κ2) is 2.29. The molecule has 1 aromatic heterocycles. The van der Waals surface area contributed by atoms with Gasteiger partial charge in [0.2, 0.25) is 0 Å². The highest BCUT2D eigenvalue weighted by atomic mass is 79.9. The fourth-order valence-corrected chi connectivity index (χ4v) is 2.75. The zero-order chi connectivity index (χ0) is 7.14. The van der Waals surface area contributed by atoms with Crippen LogP contribution in [0.2, 0.25) is 0 Å². The Kier molecular flexibility index (Phi) is 1.55. The first-order chi connectivity index (χ1) is 4.77. The Bertz CT molecular complexity index is 258. The molecule has 0 amide bonds. The van der Waals surface area contributed by atoms with Crippen LogP contribution in [0, 0.1) is 0 Å². The SMILES string of the molecule is CC1NCc2sc(Br)nc21. The second-order valence-electron chi connectivity index (χ2n) is 2.38. The molecule has 0 saturated heterocycles. The molecule has 0 radical (unpaired) electrons. The molecule has 2 heterocycles. The fourth-order valence-electron chi connectivity index (χ4n) is 1.14. The zero-order valence-electron chi connectivity index (χ0n) is 5.52. The molecule has 0 fully saturated rings. The molecule has 0 aliphatic carbocycles. The van der Waals surface area contributed by atoms with Crippen molar-refractivity contribution in [2.75, 3.05) is 0 Å². The number of rotatable bonds is 0. The molecule has 0 saturated carbocycles. The van der Waals surface area contributed by atoms with Crippen molar-refractivity contribution < 1.29 is 0 Å². The first-order valence-electron chi connectivity index (χ1n) is 3.16. The van der Waals surface area contributed by atoms with Gasteiger partial charge in [0.15, 0.2) is 3.92 Å². The minimum Gasteiger partial charge on any atom is -0.304 e. The van der Waals surface area contributed by atoms with Crippen LogP contribution in [0.1, 0.15) is 23.5 Å². The minimum atomic E-state index is 0.442. The summed E-state index contributed by atoms with van der Waals surface area (Å²) in [4.78, 5) is 5.72. The molecule has 1 aliphatic rings. The minimum absolute atomic E-state index is 0.442. The van der Waals surface area contributed by atoms with Gasteiger partial charge in [0.05, 0.1) is 5.69 Å². The molecule has 1 atom stereocenters. The van der Waals surface area contributed by atoms with E-state index in [1.54, 1.807) is 11.3 Å². The second-order valence-corrected chi connectivity index (χ2v) is 4.74. The van der Waals surface area contributed by atoms with Crippen molar-refractivity contribution in [2.24, 2.45) is 0 Å². The van der Waals surface area contributed by atoms with E-state index >= 15 is 0 Å². The summed E-state index contributed by atoms with van der Waals surface area (Å²) < 4.78 is 1.01. The van der Waals surface area contributed by atoms with E-state index in [1.807, 2.05) is 0 Å². The molecule has 2 rings (SSSR count). The molecule has 1 aliphatic heterocycles. The maximum Gasteiger partial charge on any atom is 0.159 e. The summed E-state index contributed by atoms with van der Waals surface area (Å²) in [6.07, 6.45) is 0. The summed E-state index contributed by atoms with van der Waals surface area (Å²) in [5.74, 6) is 0. The molecule has 54 valence electrons. The number of nitrogens with zero attached hydrogens (tertiary/aromatic N) is 1. The van der Waals surface area contributed by atoms with Gasteiger partial charge in [-0.2, -0.15) is 0 Å². The van der Waals surface area contributed by atoms with Crippen LogP contribution in [0.15, 0.2) is 3.92 Å². The predicted molar refractivity (Wildman–Crippen MR) is 45.1 cm³/mol. The molecule has 0 aromatic carbocycles. The fraction of sp³-hybridized carbons (Fsp3) is 0.500. The van der Waals surface area contributed by atoms with Crippen molar-refractivity contribution in [1.82, 2.24) is 10.3 Å². The van der Waals surface area contributed by atoms with Gasteiger partial charge in [-0.3, -0.25) is 0 Å². The third-order valence-electron chi connectivity index (χ3n) is 1.68. The number of hydrogen-bond donors (Lipinski definition) is 1. The molecule has 1 unspecified atom stereocenters. The summed E-state index contributed by atoms with van der Waals surface area (Å²) in [5.41, 5.74) is 1.22. The maximum atomic E-state index is 4.34. The van der Waals surface area contributed by atoms with Crippen LogP contribution in [0.4, 0.5) is 0 Å². The Morgan fingerprint density at radius 3 is 3.30 bits per heavy atom. The molecule has 4 heteroatoms. The van der Waals surface area contributed by atoms with Crippen molar-refractivity contribution in [3.8, 4) is 0 Å². The first-order valence-corrected chi connectivity index (χ1v) is 4.77. The van der Waals surface area contributed by atoms with Gasteiger partial charge in [-0.25, -0.2) is 4.98 Å². The number of thiazole rings is 1. The highest BCUT2D eigenvalue weighted by Gasteiger charge is 2.21. The van der Waals surface area contributed by atoms with Crippen LogP contribution in [-0.2, 0) is 6.54 Å². The highest BCUT2D eigenvalue weighted by Crippen LogP contribution is 2.31. The topological polar surface area (TPSA) is 24.9 Å². The van der Waals surface area contributed by atoms with E-state index in [-0.39, 0.29) is 0 Å². The summed E-state index contributed by atoms with van der Waals surface area (Å²) in [6.45, 7) is 3.12. The first kappa shape index (κ1) is 6.76. The maximum absolute atomic E-state index is 4.34. The van der Waals surface area contributed by atoms with Crippen LogP contribution in [0.25, 0.3) is 0 Å². The van der Waals surface area contributed by atoms with Crippen molar-refractivity contribution in [2.45, 2.75) is 19.5 Å². The van der Waals surface area contributed by atoms with E-state index < -0.39 is 0 Å². The van der Waals surface area contributed by atoms with E-state index in [0.717, 1.165) is 10.5 Å². The molecule has 0 spiro atoms. The van der Waals surface area contributed by atoms with E-state index in [0.29, 0.717) is 6.04 Å². The summed E-state index contributed by atoms with van der Waals surface area (Å²) >= 11 is 5.09. The number of fused-ring (bicyclic) bond motifs is 1. The lowest BCUT2D eigenvalue weighted by Crippen LogP contribution is -2.08. The number of nitrogens with one attached hydrogen (secondary N) is 1. The van der Waals surface area contributed by atoms with E-state index in [9.17, 15) is 0 Å². The normalized spacial score (nSPS) is 23.2. The van der Waals surface area contributed by atoms with Crippen LogP contribution >= 0.6 is 27.3 Å². The summed E-state index contributed by atoms with van der Waals surface area (Å²) in [6, 6.07) is 0.442. The third-order valence-corrected chi connectivity index (χ3v) is 3.20. The van der Waals surface area contributed by atoms with E-state index in [1.165, 1.54) is 10.6 Å². The Labute approximate surface area is 71.8 Å². The Balaban J connectivity index is 2.49. The summed E-state index contributed by atoms with van der Waals surface area (Å²) in [5, 5.41) is 3.32. The van der Waals surface area contributed by atoms with E-state index in [2.05, 4.69) is 33.2 Å². The van der Waals surface area contributed by atoms with Crippen molar-refractivity contribution >= 4 is 27.3 Å². The van der Waals surface area contributed by atoms with E-state index in [4.69, 9.17) is 0 Å². The Hall–Kier alpha value is 0.0700. The molecule has 0 bridgehead atoms. The molecule has 1 aromatic rings. The lowest BCUT2D eigenvalue weighted by atomic mass is 10.3. The standard InChI is InChI=1S/C6H7BrN2S/c1-3-5-4(2-8-3)10-6(7)9-5/h3,8H,2H2,1H3. The van der Waals surface area contributed by atoms with Crippen molar-refractivity contribution in [3.63, 3.8) is 0 Å². The van der Waals surface area contributed by atoms with Crippen molar-refractivity contribution in [3.05, 3.63) is 14.5 Å². The van der Waals surface area contributed by atoms with Gasteiger partial charge in [0, 0.05) is 17.5 Å². The third kappa shape index (κ3) is 0.909. The van der Waals surface area contributed by atoms with Crippen LogP contribution in [0.3, 0.4) is 0 Å². The molecule has 2 nitrogen and oxygen atoms in total. The zero-order valence-corrected chi connectivity index (χ0v) is 7.92.